The highest BCUT2D eigenvalue weighted by molar-refractivity contribution is 4.92. The maximum Gasteiger partial charge on any atom is -0.0351 e. The van der Waals surface area contributed by atoms with Gasteiger partial charge in [0.05, 0.1) is 0 Å². The first-order chi connectivity index (χ1) is 4.27. The Morgan fingerprint density at radius 2 is 1.67 bits per heavy atom. The van der Waals surface area contributed by atoms with Crippen LogP contribution in [0.15, 0.2) is 11.6 Å². The third-order valence-corrected chi connectivity index (χ3v) is 0.841. The molecular formula is C9H20. The Bertz CT molecular complexity index is 56.4. The summed E-state index contributed by atoms with van der Waals surface area (Å²) in [7, 11) is 0. The summed E-state index contributed by atoms with van der Waals surface area (Å²) in [6.45, 7) is 10.5. The molecule has 9 heavy (non-hydrogen) atoms. The molecule has 0 fully saturated rings. The fourth-order valence-corrected chi connectivity index (χ4v) is 0.433. The maximum absolute atomic E-state index is 2.26. The van der Waals surface area contributed by atoms with Crippen LogP contribution >= 0.6 is 0 Å². The Hall–Kier alpha value is -0.260. The normalized spacial score (nSPS) is 7.22. The molecule has 0 aromatic heterocycles. The molecule has 0 heterocycles. The number of allylic oxidation sites excluding steroid dienone is 2. The lowest BCUT2D eigenvalue weighted by molar-refractivity contribution is 0.948. The predicted molar refractivity (Wildman–Crippen MR) is 45.7 cm³/mol. The molecular weight excluding hydrogens is 108 g/mol. The van der Waals surface area contributed by atoms with Crippen LogP contribution in [0.1, 0.15) is 47.5 Å². The highest BCUT2D eigenvalue weighted by Gasteiger charge is 1.73. The van der Waals surface area contributed by atoms with Gasteiger partial charge in [-0.25, -0.2) is 0 Å². The molecule has 56 valence electrons. The van der Waals surface area contributed by atoms with E-state index in [0.29, 0.717) is 0 Å². The van der Waals surface area contributed by atoms with Crippen molar-refractivity contribution in [2.45, 2.75) is 47.5 Å². The first-order valence-electron chi connectivity index (χ1n) is 3.90. The second kappa shape index (κ2) is 10.7. The molecule has 0 N–H and O–H groups in total. The van der Waals surface area contributed by atoms with Crippen LogP contribution in [-0.4, -0.2) is 0 Å². The van der Waals surface area contributed by atoms with Gasteiger partial charge in [0.1, 0.15) is 0 Å². The molecule has 0 unspecified atom stereocenters. The topological polar surface area (TPSA) is 0 Å². The molecule has 0 aromatic carbocycles. The molecule has 0 amide bonds. The summed E-state index contributed by atoms with van der Waals surface area (Å²) in [5, 5.41) is 0. The van der Waals surface area contributed by atoms with Gasteiger partial charge in [-0.2, -0.15) is 0 Å². The Morgan fingerprint density at radius 3 is 1.78 bits per heavy atom. The predicted octanol–water partition coefficient (Wildman–Crippen LogP) is 3.78. The van der Waals surface area contributed by atoms with Crippen molar-refractivity contribution in [2.24, 2.45) is 0 Å². The Morgan fingerprint density at radius 1 is 1.22 bits per heavy atom. The molecule has 0 aromatic rings. The second-order valence-corrected chi connectivity index (χ2v) is 2.07. The molecule has 0 rings (SSSR count). The summed E-state index contributed by atoms with van der Waals surface area (Å²) in [5.41, 5.74) is 1.43. The van der Waals surface area contributed by atoms with Crippen molar-refractivity contribution in [3.63, 3.8) is 0 Å². The van der Waals surface area contributed by atoms with Crippen molar-refractivity contribution in [1.82, 2.24) is 0 Å². The van der Waals surface area contributed by atoms with E-state index in [-0.39, 0.29) is 0 Å². The summed E-state index contributed by atoms with van der Waals surface area (Å²) in [5.74, 6) is 0. The smallest absolute Gasteiger partial charge is 0.0351 e. The zero-order valence-electron chi connectivity index (χ0n) is 7.49. The van der Waals surface area contributed by atoms with Gasteiger partial charge in [-0.05, 0) is 20.3 Å². The largest absolute Gasteiger partial charge is 0.0859 e. The van der Waals surface area contributed by atoms with Crippen molar-refractivity contribution in [3.05, 3.63) is 11.6 Å². The minimum Gasteiger partial charge on any atom is -0.0859 e. The first kappa shape index (κ1) is 11.5. The average Bonchev–Trinajstić information content (AvgIpc) is 1.88. The fourth-order valence-electron chi connectivity index (χ4n) is 0.433. The minimum atomic E-state index is 1.24. The molecule has 0 radical (unpaired) electrons. The van der Waals surface area contributed by atoms with Crippen molar-refractivity contribution >= 4 is 0 Å². The van der Waals surface area contributed by atoms with E-state index in [9.17, 15) is 0 Å². The second-order valence-electron chi connectivity index (χ2n) is 2.07. The molecule has 0 aliphatic carbocycles. The van der Waals surface area contributed by atoms with Gasteiger partial charge in [-0.1, -0.05) is 38.8 Å². The summed E-state index contributed by atoms with van der Waals surface area (Å²) in [4.78, 5) is 0. The highest BCUT2D eigenvalue weighted by Crippen LogP contribution is 1.94. The summed E-state index contributed by atoms with van der Waals surface area (Å²) in [6.07, 6.45) is 4.77. The molecule has 0 bridgehead atoms. The number of rotatable bonds is 2. The Labute approximate surface area is 60.0 Å². The lowest BCUT2D eigenvalue weighted by Crippen LogP contribution is -1.64. The van der Waals surface area contributed by atoms with Crippen molar-refractivity contribution in [2.75, 3.05) is 0 Å². The van der Waals surface area contributed by atoms with E-state index < -0.39 is 0 Å². The van der Waals surface area contributed by atoms with Crippen LogP contribution in [0.3, 0.4) is 0 Å². The Balaban J connectivity index is 0. The minimum absolute atomic E-state index is 1.24. The number of hydrogen-bond donors (Lipinski definition) is 0. The van der Waals surface area contributed by atoms with Crippen LogP contribution in [0.4, 0.5) is 0 Å². The van der Waals surface area contributed by atoms with Crippen molar-refractivity contribution in [1.29, 1.82) is 0 Å². The van der Waals surface area contributed by atoms with Crippen LogP contribution in [0, 0.1) is 0 Å². The zero-order chi connectivity index (χ0) is 7.70. The summed E-state index contributed by atoms with van der Waals surface area (Å²) >= 11 is 0. The standard InChI is InChI=1S/C7H14.C2H6/c1-4-5-6-7(2)3;1-2/h6H,4-5H2,1-3H3;1-2H3. The third-order valence-electron chi connectivity index (χ3n) is 0.841. The van der Waals surface area contributed by atoms with Gasteiger partial charge in [0.2, 0.25) is 0 Å². The third kappa shape index (κ3) is 18.2. The van der Waals surface area contributed by atoms with Gasteiger partial charge in [0, 0.05) is 0 Å². The van der Waals surface area contributed by atoms with E-state index in [1.165, 1.54) is 18.4 Å². The van der Waals surface area contributed by atoms with E-state index in [0.717, 1.165) is 0 Å². The van der Waals surface area contributed by atoms with E-state index >= 15 is 0 Å². The SMILES string of the molecule is CC.CCCC=C(C)C. The van der Waals surface area contributed by atoms with Crippen LogP contribution in [0.25, 0.3) is 0 Å². The molecule has 0 spiro atoms. The number of unbranched alkanes of at least 4 members (excludes halogenated alkanes) is 1. The van der Waals surface area contributed by atoms with Crippen molar-refractivity contribution in [3.8, 4) is 0 Å². The lowest BCUT2D eigenvalue weighted by atomic mass is 10.2. The van der Waals surface area contributed by atoms with Gasteiger partial charge >= 0.3 is 0 Å². The van der Waals surface area contributed by atoms with Crippen LogP contribution < -0.4 is 0 Å². The molecule has 0 heteroatoms. The van der Waals surface area contributed by atoms with Gasteiger partial charge in [0.25, 0.3) is 0 Å². The molecule has 0 atom stereocenters. The summed E-state index contributed by atoms with van der Waals surface area (Å²) in [6, 6.07) is 0. The van der Waals surface area contributed by atoms with Gasteiger partial charge in [0.15, 0.2) is 0 Å². The van der Waals surface area contributed by atoms with Crippen LogP contribution in [0.2, 0.25) is 0 Å². The molecule has 0 saturated carbocycles. The Kier molecular flexibility index (Phi) is 13.7. The first-order valence-corrected chi connectivity index (χ1v) is 3.90. The van der Waals surface area contributed by atoms with Crippen LogP contribution in [-0.2, 0) is 0 Å². The van der Waals surface area contributed by atoms with Gasteiger partial charge < -0.3 is 0 Å². The molecule has 0 aliphatic heterocycles. The fraction of sp³-hybridized carbons (Fsp3) is 0.778. The zero-order valence-corrected chi connectivity index (χ0v) is 7.49. The summed E-state index contributed by atoms with van der Waals surface area (Å²) < 4.78 is 0. The highest BCUT2D eigenvalue weighted by atomic mass is 13.8. The van der Waals surface area contributed by atoms with E-state index in [1.807, 2.05) is 13.8 Å². The van der Waals surface area contributed by atoms with Crippen molar-refractivity contribution < 1.29 is 0 Å². The van der Waals surface area contributed by atoms with E-state index in [1.54, 1.807) is 0 Å². The quantitative estimate of drug-likeness (QED) is 0.496. The van der Waals surface area contributed by atoms with Crippen LogP contribution in [0.5, 0.6) is 0 Å². The lowest BCUT2D eigenvalue weighted by Gasteiger charge is -1.85. The average molecular weight is 128 g/mol. The van der Waals surface area contributed by atoms with Gasteiger partial charge in [-0.15, -0.1) is 0 Å². The molecule has 0 saturated heterocycles. The molecule has 0 aliphatic rings. The van der Waals surface area contributed by atoms with E-state index in [4.69, 9.17) is 0 Å². The van der Waals surface area contributed by atoms with Gasteiger partial charge in [-0.3, -0.25) is 0 Å². The van der Waals surface area contributed by atoms with E-state index in [2.05, 4.69) is 26.8 Å². The molecule has 0 nitrogen and oxygen atoms in total. The maximum atomic E-state index is 2.26. The number of hydrogen-bond acceptors (Lipinski definition) is 0. The monoisotopic (exact) mass is 128 g/mol.